The molecule has 2 aromatic rings. The van der Waals surface area contributed by atoms with Crippen LogP contribution in [0, 0.1) is 13.8 Å². The summed E-state index contributed by atoms with van der Waals surface area (Å²) in [6.07, 6.45) is 3.02. The lowest BCUT2D eigenvalue weighted by atomic mass is 10.2. The minimum absolute atomic E-state index is 0.186. The van der Waals surface area contributed by atoms with Crippen molar-refractivity contribution in [1.29, 1.82) is 0 Å². The van der Waals surface area contributed by atoms with E-state index in [1.165, 1.54) is 6.26 Å². The Morgan fingerprint density at radius 1 is 1.37 bits per heavy atom. The number of carbonyl (C=O) groups is 1. The summed E-state index contributed by atoms with van der Waals surface area (Å²) in [5, 5.41) is 5.74. The van der Waals surface area contributed by atoms with Crippen LogP contribution in [0.25, 0.3) is 0 Å². The van der Waals surface area contributed by atoms with Crippen molar-refractivity contribution in [2.45, 2.75) is 20.8 Å². The fourth-order valence-corrected chi connectivity index (χ4v) is 1.65. The highest BCUT2D eigenvalue weighted by atomic mass is 16.4. The first kappa shape index (κ1) is 13.1. The fraction of sp³-hybridized carbons (Fsp3) is 0.308. The van der Waals surface area contributed by atoms with Crippen LogP contribution >= 0.6 is 0 Å². The SMILES string of the molecule is CCNc1cc(C)ncc1C(=O)Nc1nc(C)co1. The highest BCUT2D eigenvalue weighted by Gasteiger charge is 2.14. The molecule has 6 heteroatoms. The summed E-state index contributed by atoms with van der Waals surface area (Å²) < 4.78 is 5.10. The van der Waals surface area contributed by atoms with Gasteiger partial charge in [-0.1, -0.05) is 0 Å². The summed E-state index contributed by atoms with van der Waals surface area (Å²) >= 11 is 0. The molecule has 0 spiro atoms. The van der Waals surface area contributed by atoms with Crippen LogP contribution in [-0.4, -0.2) is 22.4 Å². The highest BCUT2D eigenvalue weighted by Crippen LogP contribution is 2.17. The maximum Gasteiger partial charge on any atom is 0.301 e. The number of rotatable bonds is 4. The Morgan fingerprint density at radius 3 is 2.79 bits per heavy atom. The van der Waals surface area contributed by atoms with Crippen LogP contribution < -0.4 is 10.6 Å². The quantitative estimate of drug-likeness (QED) is 0.882. The minimum atomic E-state index is -0.301. The average Bonchev–Trinajstić information content (AvgIpc) is 2.75. The highest BCUT2D eigenvalue weighted by molar-refractivity contribution is 6.06. The predicted octanol–water partition coefficient (Wildman–Crippen LogP) is 2.37. The van der Waals surface area contributed by atoms with Crippen molar-refractivity contribution in [2.75, 3.05) is 17.2 Å². The molecule has 1 amide bonds. The number of amides is 1. The molecule has 0 aliphatic heterocycles. The molecule has 0 radical (unpaired) electrons. The average molecular weight is 260 g/mol. The van der Waals surface area contributed by atoms with E-state index in [2.05, 4.69) is 20.6 Å². The van der Waals surface area contributed by atoms with Crippen LogP contribution in [-0.2, 0) is 0 Å². The van der Waals surface area contributed by atoms with Gasteiger partial charge in [-0.3, -0.25) is 15.1 Å². The van der Waals surface area contributed by atoms with Crippen molar-refractivity contribution in [3.8, 4) is 0 Å². The zero-order chi connectivity index (χ0) is 13.8. The first-order valence-corrected chi connectivity index (χ1v) is 6.04. The monoisotopic (exact) mass is 260 g/mol. The van der Waals surface area contributed by atoms with Crippen molar-refractivity contribution in [1.82, 2.24) is 9.97 Å². The summed E-state index contributed by atoms with van der Waals surface area (Å²) in [7, 11) is 0. The summed E-state index contributed by atoms with van der Waals surface area (Å²) in [6.45, 7) is 6.35. The Balaban J connectivity index is 2.23. The molecule has 0 atom stereocenters. The van der Waals surface area contributed by atoms with Crippen molar-refractivity contribution in [3.63, 3.8) is 0 Å². The molecule has 2 N–H and O–H groups in total. The topological polar surface area (TPSA) is 80.0 Å². The van der Waals surface area contributed by atoms with Crippen LogP contribution in [0.15, 0.2) is 22.9 Å². The number of pyridine rings is 1. The van der Waals surface area contributed by atoms with Gasteiger partial charge >= 0.3 is 6.01 Å². The number of nitrogens with one attached hydrogen (secondary N) is 2. The summed E-state index contributed by atoms with van der Waals surface area (Å²) in [6, 6.07) is 2.02. The van der Waals surface area contributed by atoms with E-state index in [0.29, 0.717) is 11.3 Å². The Bertz CT molecular complexity index is 592. The normalized spacial score (nSPS) is 10.3. The van der Waals surface area contributed by atoms with Crippen LogP contribution in [0.4, 0.5) is 11.7 Å². The maximum absolute atomic E-state index is 12.1. The van der Waals surface area contributed by atoms with Crippen LogP contribution in [0.3, 0.4) is 0 Å². The van der Waals surface area contributed by atoms with E-state index >= 15 is 0 Å². The summed E-state index contributed by atoms with van der Waals surface area (Å²) in [4.78, 5) is 20.3. The number of nitrogens with zero attached hydrogens (tertiary/aromatic N) is 2. The second kappa shape index (κ2) is 5.51. The minimum Gasteiger partial charge on any atom is -0.432 e. The van der Waals surface area contributed by atoms with Crippen LogP contribution in [0.1, 0.15) is 28.7 Å². The molecular weight excluding hydrogens is 244 g/mol. The van der Waals surface area contributed by atoms with Gasteiger partial charge < -0.3 is 9.73 Å². The first-order valence-electron chi connectivity index (χ1n) is 6.04. The van der Waals surface area contributed by atoms with Gasteiger partial charge in [-0.05, 0) is 26.8 Å². The van der Waals surface area contributed by atoms with E-state index in [9.17, 15) is 4.79 Å². The zero-order valence-corrected chi connectivity index (χ0v) is 11.2. The lowest BCUT2D eigenvalue weighted by Crippen LogP contribution is -2.15. The number of anilines is 2. The molecule has 2 rings (SSSR count). The molecule has 0 saturated heterocycles. The van der Waals surface area contributed by atoms with Gasteiger partial charge in [0.05, 0.1) is 16.9 Å². The molecule has 100 valence electrons. The van der Waals surface area contributed by atoms with E-state index in [0.717, 1.165) is 17.9 Å². The van der Waals surface area contributed by atoms with Gasteiger partial charge in [0.1, 0.15) is 6.26 Å². The third-order valence-corrected chi connectivity index (χ3v) is 2.49. The third kappa shape index (κ3) is 3.09. The molecule has 19 heavy (non-hydrogen) atoms. The van der Waals surface area contributed by atoms with E-state index in [1.807, 2.05) is 19.9 Å². The fourth-order valence-electron chi connectivity index (χ4n) is 1.65. The number of aryl methyl sites for hydroxylation is 2. The van der Waals surface area contributed by atoms with E-state index in [-0.39, 0.29) is 11.9 Å². The van der Waals surface area contributed by atoms with E-state index < -0.39 is 0 Å². The molecule has 0 unspecified atom stereocenters. The Labute approximate surface area is 111 Å². The van der Waals surface area contributed by atoms with Gasteiger partial charge in [0, 0.05) is 18.4 Å². The molecule has 0 saturated carbocycles. The molecule has 0 aromatic carbocycles. The lowest BCUT2D eigenvalue weighted by Gasteiger charge is -2.10. The largest absolute Gasteiger partial charge is 0.432 e. The van der Waals surface area contributed by atoms with Gasteiger partial charge in [-0.25, -0.2) is 0 Å². The Hall–Kier alpha value is -2.37. The van der Waals surface area contributed by atoms with E-state index in [1.54, 1.807) is 13.1 Å². The number of hydrogen-bond donors (Lipinski definition) is 2. The van der Waals surface area contributed by atoms with Crippen molar-refractivity contribution in [2.24, 2.45) is 0 Å². The van der Waals surface area contributed by atoms with Gasteiger partial charge in [0.2, 0.25) is 0 Å². The summed E-state index contributed by atoms with van der Waals surface area (Å²) in [5.41, 5.74) is 2.77. The number of carbonyl (C=O) groups excluding carboxylic acids is 1. The van der Waals surface area contributed by atoms with Gasteiger partial charge in [-0.2, -0.15) is 4.98 Å². The van der Waals surface area contributed by atoms with Gasteiger partial charge in [-0.15, -0.1) is 0 Å². The zero-order valence-electron chi connectivity index (χ0n) is 11.2. The van der Waals surface area contributed by atoms with Gasteiger partial charge in [0.15, 0.2) is 0 Å². The second-order valence-electron chi connectivity index (χ2n) is 4.15. The van der Waals surface area contributed by atoms with Crippen molar-refractivity contribution >= 4 is 17.6 Å². The van der Waals surface area contributed by atoms with Crippen LogP contribution in [0.2, 0.25) is 0 Å². The standard InChI is InChI=1S/C13H16N4O2/c1-4-14-11-5-8(2)15-6-10(11)12(18)17-13-16-9(3)7-19-13/h5-7H,4H2,1-3H3,(H,14,15)(H,16,17,18). The molecule has 0 fully saturated rings. The Morgan fingerprint density at radius 2 is 2.16 bits per heavy atom. The third-order valence-electron chi connectivity index (χ3n) is 2.49. The predicted molar refractivity (Wildman–Crippen MR) is 72.3 cm³/mol. The molecule has 6 nitrogen and oxygen atoms in total. The second-order valence-corrected chi connectivity index (χ2v) is 4.15. The number of aromatic nitrogens is 2. The molecule has 0 aliphatic rings. The Kier molecular flexibility index (Phi) is 3.79. The number of oxazole rings is 1. The smallest absolute Gasteiger partial charge is 0.301 e. The molecule has 0 bridgehead atoms. The van der Waals surface area contributed by atoms with E-state index in [4.69, 9.17) is 4.42 Å². The summed E-state index contributed by atoms with van der Waals surface area (Å²) in [5.74, 6) is -0.301. The van der Waals surface area contributed by atoms with Crippen molar-refractivity contribution in [3.05, 3.63) is 35.5 Å². The molecule has 0 aliphatic carbocycles. The lowest BCUT2D eigenvalue weighted by molar-refractivity contribution is 0.102. The molecular formula is C13H16N4O2. The number of hydrogen-bond acceptors (Lipinski definition) is 5. The maximum atomic E-state index is 12.1. The van der Waals surface area contributed by atoms with Crippen molar-refractivity contribution < 1.29 is 9.21 Å². The first-order chi connectivity index (χ1) is 9.10. The van der Waals surface area contributed by atoms with Crippen LogP contribution in [0.5, 0.6) is 0 Å². The molecule has 2 aromatic heterocycles. The molecule has 2 heterocycles. The van der Waals surface area contributed by atoms with Gasteiger partial charge in [0.25, 0.3) is 5.91 Å².